The van der Waals surface area contributed by atoms with E-state index in [-0.39, 0.29) is 17.6 Å². The third-order valence-corrected chi connectivity index (χ3v) is 6.86. The van der Waals surface area contributed by atoms with Crippen LogP contribution in [-0.4, -0.2) is 55.8 Å². The van der Waals surface area contributed by atoms with Crippen molar-refractivity contribution in [1.82, 2.24) is 29.8 Å². The quantitative estimate of drug-likeness (QED) is 0.451. The Morgan fingerprint density at radius 2 is 1.94 bits per heavy atom. The number of fused-ring (bicyclic) bond motifs is 4. The van der Waals surface area contributed by atoms with Gasteiger partial charge in [-0.3, -0.25) is 9.30 Å². The number of rotatable bonds is 3. The highest BCUT2D eigenvalue weighted by molar-refractivity contribution is 9.10. The number of aromatic nitrogens is 4. The Bertz CT molecular complexity index is 1340. The van der Waals surface area contributed by atoms with E-state index in [2.05, 4.69) is 36.4 Å². The largest absolute Gasteiger partial charge is 0.408 e. The molecule has 2 bridgehead atoms. The van der Waals surface area contributed by atoms with E-state index < -0.39 is 12.2 Å². The van der Waals surface area contributed by atoms with Gasteiger partial charge in [0.2, 0.25) is 0 Å². The van der Waals surface area contributed by atoms with Crippen LogP contribution in [0, 0.1) is 0 Å². The lowest BCUT2D eigenvalue weighted by atomic mass is 10.1. The maximum Gasteiger partial charge on any atom is 0.408 e. The molecular formula is C22H18BrF3N6. The standard InChI is InChI=1S/C22H18BrF3N6/c23-14-4-1-12-2-5-17(28-18(12)7-14)21-30-29-19-6-3-13(10-32(19)21)20(22(24,25)26)31-11-15-8-16(31)9-27-15/h1-7,10,15-16,20,27H,8-9,11H2. The minimum absolute atomic E-state index is 0.108. The van der Waals surface area contributed by atoms with Crippen LogP contribution in [0.4, 0.5) is 13.2 Å². The summed E-state index contributed by atoms with van der Waals surface area (Å²) in [5, 5.41) is 12.6. The number of hydrogen-bond acceptors (Lipinski definition) is 5. The first-order valence-corrected chi connectivity index (χ1v) is 11.1. The Balaban J connectivity index is 1.45. The van der Waals surface area contributed by atoms with Gasteiger partial charge in [-0.15, -0.1) is 10.2 Å². The molecule has 0 spiro atoms. The van der Waals surface area contributed by atoms with Gasteiger partial charge in [0.15, 0.2) is 11.5 Å². The van der Waals surface area contributed by atoms with Crippen molar-refractivity contribution in [3.63, 3.8) is 0 Å². The molecule has 2 fully saturated rings. The van der Waals surface area contributed by atoms with Gasteiger partial charge in [-0.05, 0) is 36.2 Å². The fourth-order valence-corrected chi connectivity index (χ4v) is 5.29. The number of piperazine rings is 1. The van der Waals surface area contributed by atoms with Gasteiger partial charge in [0.1, 0.15) is 11.7 Å². The number of hydrogen-bond donors (Lipinski definition) is 1. The van der Waals surface area contributed by atoms with Crippen LogP contribution < -0.4 is 5.32 Å². The highest BCUT2D eigenvalue weighted by atomic mass is 79.9. The summed E-state index contributed by atoms with van der Waals surface area (Å²) in [6.07, 6.45) is -2.13. The summed E-state index contributed by atoms with van der Waals surface area (Å²) in [5.41, 5.74) is 1.97. The molecule has 0 aliphatic carbocycles. The molecule has 32 heavy (non-hydrogen) atoms. The molecule has 1 aromatic carbocycles. The fourth-order valence-electron chi connectivity index (χ4n) is 4.94. The second-order valence-corrected chi connectivity index (χ2v) is 9.30. The third-order valence-electron chi connectivity index (χ3n) is 6.36. The summed E-state index contributed by atoms with van der Waals surface area (Å²) in [6.45, 7) is 0.983. The number of nitrogens with one attached hydrogen (secondary N) is 1. The molecule has 10 heteroatoms. The second-order valence-electron chi connectivity index (χ2n) is 8.38. The van der Waals surface area contributed by atoms with E-state index in [0.717, 1.165) is 21.8 Å². The van der Waals surface area contributed by atoms with Crippen LogP contribution in [-0.2, 0) is 0 Å². The third kappa shape index (κ3) is 3.28. The van der Waals surface area contributed by atoms with Gasteiger partial charge < -0.3 is 5.32 Å². The zero-order valence-corrected chi connectivity index (χ0v) is 18.3. The molecule has 4 aromatic rings. The average Bonchev–Trinajstić information content (AvgIpc) is 3.48. The Morgan fingerprint density at radius 1 is 1.09 bits per heavy atom. The molecule has 164 valence electrons. The average molecular weight is 503 g/mol. The molecule has 0 saturated carbocycles. The lowest BCUT2D eigenvalue weighted by Gasteiger charge is -2.36. The number of alkyl halides is 3. The number of halogens is 4. The Labute approximate surface area is 189 Å². The first-order valence-electron chi connectivity index (χ1n) is 10.3. The van der Waals surface area contributed by atoms with Crippen molar-refractivity contribution >= 4 is 32.5 Å². The predicted molar refractivity (Wildman–Crippen MR) is 117 cm³/mol. The Morgan fingerprint density at radius 3 is 2.69 bits per heavy atom. The summed E-state index contributed by atoms with van der Waals surface area (Å²) in [7, 11) is 0. The van der Waals surface area contributed by atoms with Gasteiger partial charge in [0, 0.05) is 41.2 Å². The second kappa shape index (κ2) is 7.23. The van der Waals surface area contributed by atoms with Crippen molar-refractivity contribution in [1.29, 1.82) is 0 Å². The number of pyridine rings is 2. The smallest absolute Gasteiger partial charge is 0.311 e. The zero-order chi connectivity index (χ0) is 22.0. The van der Waals surface area contributed by atoms with E-state index in [1.807, 2.05) is 30.3 Å². The molecule has 3 atom stereocenters. The number of benzene rings is 1. The molecule has 3 unspecified atom stereocenters. The van der Waals surface area contributed by atoms with Crippen molar-refractivity contribution in [2.45, 2.75) is 30.7 Å². The van der Waals surface area contributed by atoms with Crippen molar-refractivity contribution in [2.24, 2.45) is 0 Å². The molecule has 3 aromatic heterocycles. The lowest BCUT2D eigenvalue weighted by Crippen LogP contribution is -2.49. The number of likely N-dealkylation sites (tertiary alicyclic amines) is 1. The highest BCUT2D eigenvalue weighted by Gasteiger charge is 2.51. The van der Waals surface area contributed by atoms with Crippen molar-refractivity contribution < 1.29 is 13.2 Å². The van der Waals surface area contributed by atoms with E-state index in [1.165, 1.54) is 12.3 Å². The zero-order valence-electron chi connectivity index (χ0n) is 16.7. The van der Waals surface area contributed by atoms with Crippen LogP contribution in [0.2, 0.25) is 0 Å². The normalized spacial score (nSPS) is 22.2. The predicted octanol–water partition coefficient (Wildman–Crippen LogP) is 4.36. The van der Waals surface area contributed by atoms with Crippen LogP contribution in [0.1, 0.15) is 18.0 Å². The summed E-state index contributed by atoms with van der Waals surface area (Å²) in [5.74, 6) is 0.411. The molecule has 1 N–H and O–H groups in total. The lowest BCUT2D eigenvalue weighted by molar-refractivity contribution is -0.190. The minimum atomic E-state index is -4.39. The molecule has 6 nitrogen and oxygen atoms in total. The first-order chi connectivity index (χ1) is 15.4. The molecule has 2 aliphatic rings. The van der Waals surface area contributed by atoms with Gasteiger partial charge in [0.25, 0.3) is 0 Å². The van der Waals surface area contributed by atoms with Gasteiger partial charge in [-0.2, -0.15) is 13.2 Å². The molecule has 0 amide bonds. The van der Waals surface area contributed by atoms with Crippen LogP contribution in [0.15, 0.2) is 53.1 Å². The van der Waals surface area contributed by atoms with Gasteiger partial charge in [-0.25, -0.2) is 4.98 Å². The van der Waals surface area contributed by atoms with Crippen molar-refractivity contribution in [3.05, 3.63) is 58.7 Å². The van der Waals surface area contributed by atoms with Gasteiger partial charge >= 0.3 is 6.18 Å². The molecule has 0 radical (unpaired) electrons. The molecule has 5 heterocycles. The SMILES string of the molecule is FC(F)(F)C(c1ccc2nnc(-c3ccc4ccc(Br)cc4n3)n2c1)N1CC2CC1CN2. The molecule has 6 rings (SSSR count). The van der Waals surface area contributed by atoms with E-state index in [4.69, 9.17) is 0 Å². The van der Waals surface area contributed by atoms with Crippen LogP contribution in [0.5, 0.6) is 0 Å². The van der Waals surface area contributed by atoms with Crippen LogP contribution in [0.25, 0.3) is 28.1 Å². The van der Waals surface area contributed by atoms with Crippen LogP contribution in [0.3, 0.4) is 0 Å². The minimum Gasteiger partial charge on any atom is -0.311 e. The fraction of sp³-hybridized carbons (Fsp3) is 0.318. The summed E-state index contributed by atoms with van der Waals surface area (Å²) in [6, 6.07) is 11.0. The summed E-state index contributed by atoms with van der Waals surface area (Å²) < 4.78 is 45.2. The topological polar surface area (TPSA) is 58.4 Å². The molecule has 2 saturated heterocycles. The maximum atomic E-state index is 14.2. The van der Waals surface area contributed by atoms with Gasteiger partial charge in [-0.1, -0.05) is 34.1 Å². The molecular weight excluding hydrogens is 485 g/mol. The maximum absolute atomic E-state index is 14.2. The Hall–Kier alpha value is -2.56. The summed E-state index contributed by atoms with van der Waals surface area (Å²) >= 11 is 3.45. The summed E-state index contributed by atoms with van der Waals surface area (Å²) in [4.78, 5) is 6.25. The Kier molecular flexibility index (Phi) is 4.53. The van der Waals surface area contributed by atoms with E-state index in [9.17, 15) is 13.2 Å². The monoisotopic (exact) mass is 502 g/mol. The van der Waals surface area contributed by atoms with E-state index >= 15 is 0 Å². The highest BCUT2D eigenvalue weighted by Crippen LogP contribution is 2.42. The van der Waals surface area contributed by atoms with Crippen LogP contribution >= 0.6 is 15.9 Å². The van der Waals surface area contributed by atoms with Gasteiger partial charge in [0.05, 0.1) is 5.52 Å². The first kappa shape index (κ1) is 20.1. The van der Waals surface area contributed by atoms with E-state index in [1.54, 1.807) is 15.4 Å². The van der Waals surface area contributed by atoms with E-state index in [0.29, 0.717) is 30.3 Å². The van der Waals surface area contributed by atoms with Crippen molar-refractivity contribution in [3.8, 4) is 11.5 Å². The van der Waals surface area contributed by atoms with Crippen molar-refractivity contribution in [2.75, 3.05) is 13.1 Å². The number of nitrogens with zero attached hydrogens (tertiary/aromatic N) is 5. The molecule has 2 aliphatic heterocycles.